The van der Waals surface area contributed by atoms with Gasteiger partial charge in [0.05, 0.1) is 0 Å². The Morgan fingerprint density at radius 3 is 2.75 bits per heavy atom. The van der Waals surface area contributed by atoms with Crippen LogP contribution in [-0.2, 0) is 9.59 Å². The first-order chi connectivity index (χ1) is 9.56. The van der Waals surface area contributed by atoms with Crippen LogP contribution in [0, 0.1) is 0 Å². The van der Waals surface area contributed by atoms with Gasteiger partial charge in [-0.2, -0.15) is 0 Å². The Balaban J connectivity index is 2.11. The van der Waals surface area contributed by atoms with Crippen LogP contribution in [0.4, 0.5) is 0 Å². The van der Waals surface area contributed by atoms with Crippen molar-refractivity contribution in [3.05, 3.63) is 40.8 Å². The minimum absolute atomic E-state index is 0.231. The monoisotopic (exact) mass is 288 g/mol. The minimum Gasteiger partial charge on any atom is -0.302 e. The van der Waals surface area contributed by atoms with Gasteiger partial charge in [-0.15, -0.1) is 12.6 Å². The Labute approximate surface area is 120 Å². The number of aromatic nitrogens is 1. The third-order valence-corrected chi connectivity index (χ3v) is 3.74. The fraction of sp³-hybridized carbons (Fsp3) is 0.214. The van der Waals surface area contributed by atoms with Crippen LogP contribution >= 0.6 is 12.6 Å². The number of imide groups is 1. The highest BCUT2D eigenvalue weighted by molar-refractivity contribution is 7.80. The highest BCUT2D eigenvalue weighted by Crippen LogP contribution is 2.20. The molecule has 102 valence electrons. The first kappa shape index (κ1) is 12.9. The summed E-state index contributed by atoms with van der Waals surface area (Å²) in [5, 5.41) is 3.58. The van der Waals surface area contributed by atoms with Crippen molar-refractivity contribution in [3.63, 3.8) is 0 Å². The third-order valence-electron chi connectivity index (χ3n) is 3.46. The van der Waals surface area contributed by atoms with Gasteiger partial charge in [0.25, 0.3) is 5.56 Å². The molecule has 1 saturated heterocycles. The molecule has 1 atom stereocenters. The Kier molecular flexibility index (Phi) is 3.10. The number of piperidine rings is 1. The van der Waals surface area contributed by atoms with E-state index in [9.17, 15) is 14.4 Å². The molecule has 1 aliphatic heterocycles. The normalized spacial score (nSPS) is 19.1. The molecule has 5 nitrogen and oxygen atoms in total. The molecule has 2 heterocycles. The predicted molar refractivity (Wildman–Crippen MR) is 76.9 cm³/mol. The first-order valence-electron chi connectivity index (χ1n) is 6.24. The first-order valence-corrected chi connectivity index (χ1v) is 6.68. The summed E-state index contributed by atoms with van der Waals surface area (Å²) in [6, 6.07) is 6.39. The van der Waals surface area contributed by atoms with Crippen molar-refractivity contribution in [2.45, 2.75) is 23.8 Å². The molecule has 1 aliphatic rings. The van der Waals surface area contributed by atoms with Gasteiger partial charge in [0.1, 0.15) is 6.04 Å². The van der Waals surface area contributed by atoms with E-state index in [-0.39, 0.29) is 17.9 Å². The van der Waals surface area contributed by atoms with E-state index in [4.69, 9.17) is 0 Å². The lowest BCUT2D eigenvalue weighted by Gasteiger charge is -2.23. The number of benzene rings is 1. The van der Waals surface area contributed by atoms with Gasteiger partial charge in [-0.25, -0.2) is 0 Å². The molecular weight excluding hydrogens is 276 g/mol. The molecular formula is C14H12N2O3S. The zero-order valence-corrected chi connectivity index (χ0v) is 11.4. The summed E-state index contributed by atoms with van der Waals surface area (Å²) in [5.41, 5.74) is -0.231. The standard InChI is InChI=1S/C14H12N2O3S/c17-12-4-3-11(13(18)15-12)16-6-5-8-7-9(20)1-2-10(8)14(16)19/h1-2,5-7,11,20H,3-4H2,(H,15,17,18). The lowest BCUT2D eigenvalue weighted by atomic mass is 10.1. The molecule has 0 spiro atoms. The van der Waals surface area contributed by atoms with Crippen molar-refractivity contribution in [2.24, 2.45) is 0 Å². The fourth-order valence-electron chi connectivity index (χ4n) is 2.44. The van der Waals surface area contributed by atoms with E-state index in [1.165, 1.54) is 4.57 Å². The Morgan fingerprint density at radius 1 is 1.20 bits per heavy atom. The van der Waals surface area contributed by atoms with Gasteiger partial charge in [-0.05, 0) is 36.1 Å². The molecule has 1 aromatic carbocycles. The maximum atomic E-state index is 12.4. The summed E-state index contributed by atoms with van der Waals surface area (Å²) in [4.78, 5) is 36.2. The number of rotatable bonds is 1. The number of amides is 2. The molecule has 6 heteroatoms. The molecule has 1 fully saturated rings. The number of carbonyl (C=O) groups is 2. The predicted octanol–water partition coefficient (Wildman–Crippen LogP) is 1.27. The highest BCUT2D eigenvalue weighted by atomic mass is 32.1. The largest absolute Gasteiger partial charge is 0.302 e. The number of carbonyl (C=O) groups excluding carboxylic acids is 2. The highest BCUT2D eigenvalue weighted by Gasteiger charge is 2.28. The zero-order chi connectivity index (χ0) is 14.3. The number of pyridine rings is 1. The van der Waals surface area contributed by atoms with Gasteiger partial charge in [0, 0.05) is 22.9 Å². The van der Waals surface area contributed by atoms with E-state index in [0.717, 1.165) is 10.3 Å². The van der Waals surface area contributed by atoms with Gasteiger partial charge >= 0.3 is 0 Å². The van der Waals surface area contributed by atoms with Crippen LogP contribution in [0.1, 0.15) is 18.9 Å². The maximum absolute atomic E-state index is 12.4. The Hall–Kier alpha value is -2.08. The second-order valence-corrected chi connectivity index (χ2v) is 5.28. The van der Waals surface area contributed by atoms with Gasteiger partial charge in [-0.3, -0.25) is 19.7 Å². The number of thiol groups is 1. The number of hydrogen-bond donors (Lipinski definition) is 2. The quantitative estimate of drug-likeness (QED) is 0.613. The van der Waals surface area contributed by atoms with Gasteiger partial charge in [0.15, 0.2) is 0 Å². The maximum Gasteiger partial charge on any atom is 0.259 e. The smallest absolute Gasteiger partial charge is 0.259 e. The van der Waals surface area contributed by atoms with Crippen molar-refractivity contribution in [2.75, 3.05) is 0 Å². The molecule has 1 aromatic heterocycles. The molecule has 0 bridgehead atoms. The van der Waals surface area contributed by atoms with E-state index < -0.39 is 11.9 Å². The van der Waals surface area contributed by atoms with Crippen LogP contribution in [-0.4, -0.2) is 16.4 Å². The summed E-state index contributed by atoms with van der Waals surface area (Å²) < 4.78 is 1.39. The average Bonchev–Trinajstić information content (AvgIpc) is 2.40. The Bertz CT molecular complexity index is 782. The van der Waals surface area contributed by atoms with Crippen LogP contribution < -0.4 is 10.9 Å². The van der Waals surface area contributed by atoms with E-state index in [2.05, 4.69) is 17.9 Å². The van der Waals surface area contributed by atoms with Gasteiger partial charge < -0.3 is 4.57 Å². The summed E-state index contributed by atoms with van der Waals surface area (Å²) in [7, 11) is 0. The lowest BCUT2D eigenvalue weighted by molar-refractivity contribution is -0.135. The second-order valence-electron chi connectivity index (χ2n) is 4.77. The third kappa shape index (κ3) is 2.12. The van der Waals surface area contributed by atoms with Gasteiger partial charge in [-0.1, -0.05) is 0 Å². The number of hydrogen-bond acceptors (Lipinski definition) is 4. The number of nitrogens with zero attached hydrogens (tertiary/aromatic N) is 1. The van der Waals surface area contributed by atoms with Crippen LogP contribution in [0.5, 0.6) is 0 Å². The second kappa shape index (κ2) is 4.79. The molecule has 20 heavy (non-hydrogen) atoms. The van der Waals surface area contributed by atoms with Crippen molar-refractivity contribution >= 4 is 35.2 Å². The van der Waals surface area contributed by atoms with Crippen molar-refractivity contribution < 1.29 is 9.59 Å². The van der Waals surface area contributed by atoms with Crippen molar-refractivity contribution in [1.29, 1.82) is 0 Å². The molecule has 1 N–H and O–H groups in total. The van der Waals surface area contributed by atoms with Crippen LogP contribution in [0.3, 0.4) is 0 Å². The van der Waals surface area contributed by atoms with Crippen LogP contribution in [0.25, 0.3) is 10.8 Å². The lowest BCUT2D eigenvalue weighted by Crippen LogP contribution is -2.44. The van der Waals surface area contributed by atoms with Crippen molar-refractivity contribution in [3.8, 4) is 0 Å². The summed E-state index contributed by atoms with van der Waals surface area (Å²) in [6.07, 6.45) is 2.19. The molecule has 0 saturated carbocycles. The molecule has 1 unspecified atom stereocenters. The molecule has 2 amide bonds. The topological polar surface area (TPSA) is 68.2 Å². The number of nitrogens with one attached hydrogen (secondary N) is 1. The summed E-state index contributed by atoms with van der Waals surface area (Å²) >= 11 is 4.24. The Morgan fingerprint density at radius 2 is 2.00 bits per heavy atom. The summed E-state index contributed by atoms with van der Waals surface area (Å²) in [5.74, 6) is -0.715. The number of fused-ring (bicyclic) bond motifs is 1. The van der Waals surface area contributed by atoms with Crippen LogP contribution in [0.2, 0.25) is 0 Å². The SMILES string of the molecule is O=C1CCC(n2ccc3cc(S)ccc3c2=O)C(=O)N1. The van der Waals surface area contributed by atoms with Crippen LogP contribution in [0.15, 0.2) is 40.2 Å². The van der Waals surface area contributed by atoms with Crippen molar-refractivity contribution in [1.82, 2.24) is 9.88 Å². The minimum atomic E-state index is -0.625. The average molecular weight is 288 g/mol. The fourth-order valence-corrected chi connectivity index (χ4v) is 2.66. The summed E-state index contributed by atoms with van der Waals surface area (Å²) in [6.45, 7) is 0. The molecule has 0 radical (unpaired) electrons. The van der Waals surface area contributed by atoms with E-state index in [1.807, 2.05) is 0 Å². The molecule has 3 rings (SSSR count). The van der Waals surface area contributed by atoms with E-state index in [0.29, 0.717) is 11.8 Å². The van der Waals surface area contributed by atoms with E-state index in [1.54, 1.807) is 30.5 Å². The molecule has 0 aliphatic carbocycles. The van der Waals surface area contributed by atoms with Gasteiger partial charge in [0.2, 0.25) is 11.8 Å². The zero-order valence-electron chi connectivity index (χ0n) is 10.5. The van der Waals surface area contributed by atoms with E-state index >= 15 is 0 Å². The molecule has 2 aromatic rings.